The first-order valence-electron chi connectivity index (χ1n) is 22.7. The quantitative estimate of drug-likeness (QED) is 0.145. The summed E-state index contributed by atoms with van der Waals surface area (Å²) in [4.78, 5) is 16.1. The van der Waals surface area contributed by atoms with Crippen LogP contribution in [0.4, 0.5) is 0 Å². The molecular formula is C63H42N4. The normalized spacial score (nSPS) is 11.3. The summed E-state index contributed by atoms with van der Waals surface area (Å²) < 4.78 is 2.37. The van der Waals surface area contributed by atoms with Crippen molar-refractivity contribution in [2.75, 3.05) is 0 Å². The lowest BCUT2D eigenvalue weighted by Crippen LogP contribution is -2.02. The molecule has 67 heavy (non-hydrogen) atoms. The zero-order valence-electron chi connectivity index (χ0n) is 36.5. The number of hydrogen-bond acceptors (Lipinski definition) is 3. The molecule has 12 aromatic rings. The fourth-order valence-corrected chi connectivity index (χ4v) is 9.39. The Bertz CT molecular complexity index is 3580. The first-order chi connectivity index (χ1) is 33.2. The molecule has 0 bridgehead atoms. The van der Waals surface area contributed by atoms with Crippen LogP contribution in [0.25, 0.3) is 117 Å². The Hall–Kier alpha value is -8.99. The summed E-state index contributed by atoms with van der Waals surface area (Å²) in [6, 6.07) is 90.1. The predicted molar refractivity (Wildman–Crippen MR) is 278 cm³/mol. The summed E-state index contributed by atoms with van der Waals surface area (Å²) in [6.45, 7) is 0. The third-order valence-electron chi connectivity index (χ3n) is 12.7. The number of benzene rings is 10. The molecule has 0 spiro atoms. The van der Waals surface area contributed by atoms with Crippen molar-refractivity contribution in [3.05, 3.63) is 255 Å². The van der Waals surface area contributed by atoms with E-state index >= 15 is 0 Å². The van der Waals surface area contributed by atoms with Crippen LogP contribution < -0.4 is 0 Å². The molecule has 0 aliphatic rings. The van der Waals surface area contributed by atoms with E-state index in [2.05, 4.69) is 247 Å². The second-order valence-electron chi connectivity index (χ2n) is 16.8. The van der Waals surface area contributed by atoms with E-state index in [0.717, 1.165) is 83.5 Å². The summed E-state index contributed by atoms with van der Waals surface area (Å²) in [6.07, 6.45) is 0. The van der Waals surface area contributed by atoms with Crippen molar-refractivity contribution in [1.82, 2.24) is 19.5 Å². The van der Waals surface area contributed by atoms with E-state index in [4.69, 9.17) is 15.0 Å². The van der Waals surface area contributed by atoms with Crippen LogP contribution >= 0.6 is 0 Å². The molecule has 10 aromatic carbocycles. The van der Waals surface area contributed by atoms with Crippen molar-refractivity contribution in [1.29, 1.82) is 0 Å². The molecule has 4 heteroatoms. The molecule has 0 atom stereocenters. The predicted octanol–water partition coefficient (Wildman–Crippen LogP) is 16.3. The highest BCUT2D eigenvalue weighted by atomic mass is 15.0. The van der Waals surface area contributed by atoms with Crippen LogP contribution in [0.3, 0.4) is 0 Å². The maximum Gasteiger partial charge on any atom is 0.164 e. The minimum absolute atomic E-state index is 0.596. The van der Waals surface area contributed by atoms with Gasteiger partial charge in [0.2, 0.25) is 0 Å². The van der Waals surface area contributed by atoms with Crippen molar-refractivity contribution in [2.45, 2.75) is 0 Å². The number of nitrogens with zero attached hydrogens (tertiary/aromatic N) is 4. The number of fused-ring (bicyclic) bond motifs is 3. The van der Waals surface area contributed by atoms with Gasteiger partial charge in [0.15, 0.2) is 17.5 Å². The minimum Gasteiger partial charge on any atom is -0.309 e. The van der Waals surface area contributed by atoms with Gasteiger partial charge in [0.1, 0.15) is 0 Å². The molecule has 0 N–H and O–H groups in total. The Morgan fingerprint density at radius 1 is 0.239 bits per heavy atom. The van der Waals surface area contributed by atoms with Gasteiger partial charge in [-0.3, -0.25) is 0 Å². The average Bonchev–Trinajstić information content (AvgIpc) is 3.75. The van der Waals surface area contributed by atoms with Crippen molar-refractivity contribution < 1.29 is 0 Å². The second-order valence-corrected chi connectivity index (χ2v) is 16.8. The van der Waals surface area contributed by atoms with Crippen LogP contribution in [0.1, 0.15) is 0 Å². The van der Waals surface area contributed by atoms with Crippen LogP contribution in [0, 0.1) is 0 Å². The third kappa shape index (κ3) is 7.57. The summed E-state index contributed by atoms with van der Waals surface area (Å²) in [5.74, 6) is 1.80. The van der Waals surface area contributed by atoms with Gasteiger partial charge in [-0.05, 0) is 92.5 Å². The number of aromatic nitrogens is 4. The van der Waals surface area contributed by atoms with Crippen molar-refractivity contribution in [3.63, 3.8) is 0 Å². The van der Waals surface area contributed by atoms with Crippen molar-refractivity contribution in [2.24, 2.45) is 0 Å². The highest BCUT2D eigenvalue weighted by Crippen LogP contribution is 2.45. The minimum atomic E-state index is 0.596. The van der Waals surface area contributed by atoms with Gasteiger partial charge in [-0.2, -0.15) is 0 Å². The number of hydrogen-bond donors (Lipinski definition) is 0. The fraction of sp³-hybridized carbons (Fsp3) is 0. The van der Waals surface area contributed by atoms with Gasteiger partial charge < -0.3 is 4.57 Å². The fourth-order valence-electron chi connectivity index (χ4n) is 9.39. The van der Waals surface area contributed by atoms with Gasteiger partial charge in [-0.25, -0.2) is 15.0 Å². The summed E-state index contributed by atoms with van der Waals surface area (Å²) in [5.41, 5.74) is 17.2. The molecule has 314 valence electrons. The molecule has 2 aromatic heterocycles. The van der Waals surface area contributed by atoms with Crippen LogP contribution in [0.15, 0.2) is 255 Å². The first-order valence-corrected chi connectivity index (χ1v) is 22.7. The van der Waals surface area contributed by atoms with E-state index in [1.165, 1.54) is 16.3 Å². The second kappa shape index (κ2) is 17.2. The van der Waals surface area contributed by atoms with E-state index in [1.807, 2.05) is 12.1 Å². The standard InChI is InChI=1S/C63H42N4/c1-6-18-43(19-7-1)46-30-34-49(35-31-46)61-64-62(50-36-32-47(33-37-50)44-20-8-2-9-21-44)66-63(65-61)57-42-52(45-22-10-3-11-23-45)41-55(60(57)48-24-12-4-13-25-48)51-38-39-59-56(40-51)54-28-16-17-29-58(54)67(59)53-26-14-5-15-27-53/h1-42H. The molecule has 0 saturated heterocycles. The summed E-state index contributed by atoms with van der Waals surface area (Å²) >= 11 is 0. The van der Waals surface area contributed by atoms with Gasteiger partial charge in [0.25, 0.3) is 0 Å². The molecule has 0 radical (unpaired) electrons. The van der Waals surface area contributed by atoms with Crippen LogP contribution in [0.2, 0.25) is 0 Å². The highest BCUT2D eigenvalue weighted by molar-refractivity contribution is 6.11. The maximum absolute atomic E-state index is 5.42. The smallest absolute Gasteiger partial charge is 0.164 e. The summed E-state index contributed by atoms with van der Waals surface area (Å²) in [7, 11) is 0. The Labute approximate surface area is 389 Å². The molecule has 0 fully saturated rings. The Balaban J connectivity index is 1.11. The van der Waals surface area contributed by atoms with Crippen LogP contribution in [-0.2, 0) is 0 Å². The maximum atomic E-state index is 5.42. The van der Waals surface area contributed by atoms with Gasteiger partial charge >= 0.3 is 0 Å². The molecule has 0 aliphatic carbocycles. The molecule has 0 saturated carbocycles. The first kappa shape index (κ1) is 39.6. The Morgan fingerprint density at radius 2 is 0.627 bits per heavy atom. The topological polar surface area (TPSA) is 43.6 Å². The van der Waals surface area contributed by atoms with E-state index in [9.17, 15) is 0 Å². The molecule has 0 amide bonds. The van der Waals surface area contributed by atoms with Crippen LogP contribution in [-0.4, -0.2) is 19.5 Å². The Morgan fingerprint density at radius 3 is 1.18 bits per heavy atom. The molecular weight excluding hydrogens is 813 g/mol. The van der Waals surface area contributed by atoms with Gasteiger partial charge in [0, 0.05) is 38.7 Å². The molecule has 2 heterocycles. The van der Waals surface area contributed by atoms with Crippen molar-refractivity contribution in [3.8, 4) is 95.5 Å². The van der Waals surface area contributed by atoms with E-state index < -0.39 is 0 Å². The monoisotopic (exact) mass is 854 g/mol. The zero-order valence-corrected chi connectivity index (χ0v) is 36.5. The van der Waals surface area contributed by atoms with E-state index in [0.29, 0.717) is 17.5 Å². The zero-order chi connectivity index (χ0) is 44.5. The number of para-hydroxylation sites is 2. The SMILES string of the molecule is c1ccc(-c2ccc(-c3nc(-c4ccc(-c5ccccc5)cc4)nc(-c4cc(-c5ccccc5)cc(-c5ccc6c(c5)c5ccccc5n6-c5ccccc5)c4-c4ccccc4)n3)cc2)cc1. The molecule has 4 nitrogen and oxygen atoms in total. The Kier molecular flexibility index (Phi) is 10.2. The third-order valence-corrected chi connectivity index (χ3v) is 12.7. The van der Waals surface area contributed by atoms with E-state index in [1.54, 1.807) is 0 Å². The molecule has 0 aliphatic heterocycles. The molecule has 0 unspecified atom stereocenters. The van der Waals surface area contributed by atoms with Crippen molar-refractivity contribution >= 4 is 21.8 Å². The lowest BCUT2D eigenvalue weighted by molar-refractivity contribution is 1.07. The lowest BCUT2D eigenvalue weighted by atomic mass is 9.86. The van der Waals surface area contributed by atoms with Crippen LogP contribution in [0.5, 0.6) is 0 Å². The lowest BCUT2D eigenvalue weighted by Gasteiger charge is -2.19. The van der Waals surface area contributed by atoms with Gasteiger partial charge in [-0.1, -0.05) is 212 Å². The van der Waals surface area contributed by atoms with Gasteiger partial charge in [-0.15, -0.1) is 0 Å². The van der Waals surface area contributed by atoms with Gasteiger partial charge in [0.05, 0.1) is 11.0 Å². The average molecular weight is 855 g/mol. The largest absolute Gasteiger partial charge is 0.309 e. The highest BCUT2D eigenvalue weighted by Gasteiger charge is 2.22. The summed E-state index contributed by atoms with van der Waals surface area (Å²) in [5, 5.41) is 2.39. The molecule has 12 rings (SSSR count). The number of rotatable bonds is 9. The van der Waals surface area contributed by atoms with E-state index in [-0.39, 0.29) is 0 Å².